The van der Waals surface area contributed by atoms with E-state index in [4.69, 9.17) is 0 Å². The van der Waals surface area contributed by atoms with Crippen LogP contribution >= 0.6 is 0 Å². The molecule has 1 aromatic carbocycles. The van der Waals surface area contributed by atoms with Crippen LogP contribution in [0.5, 0.6) is 5.75 Å². The lowest BCUT2D eigenvalue weighted by Gasteiger charge is -2.35. The highest BCUT2D eigenvalue weighted by atomic mass is 19.3. The molecule has 0 bridgehead atoms. The molecule has 0 radical (unpaired) electrons. The number of alkyl halides is 2. The fourth-order valence-corrected chi connectivity index (χ4v) is 2.54. The molecule has 0 atom stereocenters. The van der Waals surface area contributed by atoms with Gasteiger partial charge in [-0.25, -0.2) is 0 Å². The molecule has 19 heavy (non-hydrogen) atoms. The number of hydrogen-bond acceptors (Lipinski definition) is 2. The quantitative estimate of drug-likeness (QED) is 0.857. The van der Waals surface area contributed by atoms with Crippen LogP contribution in [0.3, 0.4) is 0 Å². The van der Waals surface area contributed by atoms with Gasteiger partial charge >= 0.3 is 6.61 Å². The molecule has 4 heteroatoms. The van der Waals surface area contributed by atoms with E-state index in [1.165, 1.54) is 12.8 Å². The van der Waals surface area contributed by atoms with Gasteiger partial charge in [0.05, 0.1) is 0 Å². The predicted molar refractivity (Wildman–Crippen MR) is 72.7 cm³/mol. The first kappa shape index (κ1) is 14.1. The van der Waals surface area contributed by atoms with Gasteiger partial charge in [0, 0.05) is 17.8 Å². The van der Waals surface area contributed by atoms with Crippen molar-refractivity contribution in [2.45, 2.75) is 52.2 Å². The van der Waals surface area contributed by atoms with Gasteiger partial charge in [0.15, 0.2) is 0 Å². The Balaban J connectivity index is 1.92. The third-order valence-corrected chi connectivity index (χ3v) is 3.77. The van der Waals surface area contributed by atoms with Crippen LogP contribution in [0.2, 0.25) is 0 Å². The fraction of sp³-hybridized carbons (Fsp3) is 0.600. The summed E-state index contributed by atoms with van der Waals surface area (Å²) in [7, 11) is 0. The lowest BCUT2D eigenvalue weighted by Crippen LogP contribution is -2.29. The minimum atomic E-state index is -2.77. The van der Waals surface area contributed by atoms with Crippen molar-refractivity contribution in [1.82, 2.24) is 0 Å². The van der Waals surface area contributed by atoms with Gasteiger partial charge in [0.25, 0.3) is 0 Å². The van der Waals surface area contributed by atoms with E-state index in [0.29, 0.717) is 11.5 Å². The van der Waals surface area contributed by atoms with Gasteiger partial charge in [-0.3, -0.25) is 0 Å². The first-order valence-electron chi connectivity index (χ1n) is 6.76. The molecule has 0 aliphatic heterocycles. The smallest absolute Gasteiger partial charge is 0.387 e. The van der Waals surface area contributed by atoms with Crippen molar-refractivity contribution in [1.29, 1.82) is 0 Å². The van der Waals surface area contributed by atoms with Crippen molar-refractivity contribution >= 4 is 5.69 Å². The summed E-state index contributed by atoms with van der Waals surface area (Å²) in [5, 5.41) is 3.41. The monoisotopic (exact) mass is 269 g/mol. The van der Waals surface area contributed by atoms with Gasteiger partial charge in [-0.15, -0.1) is 0 Å². The molecule has 0 aromatic heterocycles. The predicted octanol–water partition coefficient (Wildman–Crippen LogP) is 4.67. The van der Waals surface area contributed by atoms with Crippen LogP contribution in [-0.4, -0.2) is 12.7 Å². The summed E-state index contributed by atoms with van der Waals surface area (Å²) >= 11 is 0. The Morgan fingerprint density at radius 2 is 1.95 bits per heavy atom. The second-order valence-electron chi connectivity index (χ2n) is 5.99. The second-order valence-corrected chi connectivity index (χ2v) is 5.99. The normalized spacial score (nSPS) is 19.4. The molecule has 0 heterocycles. The Kier molecular flexibility index (Phi) is 4.27. The number of halogens is 2. The van der Waals surface area contributed by atoms with Gasteiger partial charge in [-0.05, 0) is 43.2 Å². The zero-order chi connectivity index (χ0) is 13.9. The van der Waals surface area contributed by atoms with E-state index in [1.54, 1.807) is 18.2 Å². The molecule has 1 fully saturated rings. The average Bonchev–Trinajstić information content (AvgIpc) is 2.32. The van der Waals surface area contributed by atoms with E-state index in [0.717, 1.165) is 18.5 Å². The molecule has 1 saturated carbocycles. The van der Waals surface area contributed by atoms with Crippen molar-refractivity contribution in [3.63, 3.8) is 0 Å². The van der Waals surface area contributed by atoms with Gasteiger partial charge in [-0.2, -0.15) is 8.78 Å². The maximum absolute atomic E-state index is 12.2. The van der Waals surface area contributed by atoms with E-state index in [2.05, 4.69) is 23.9 Å². The maximum Gasteiger partial charge on any atom is 0.387 e. The number of rotatable bonds is 4. The van der Waals surface area contributed by atoms with Crippen LogP contribution in [0.25, 0.3) is 0 Å². The molecular formula is C15H21F2NO. The molecule has 2 rings (SSSR count). The largest absolute Gasteiger partial charge is 0.435 e. The Morgan fingerprint density at radius 3 is 2.58 bits per heavy atom. The summed E-state index contributed by atoms with van der Waals surface area (Å²) in [6, 6.07) is 7.22. The van der Waals surface area contributed by atoms with Crippen LogP contribution in [0, 0.1) is 5.41 Å². The highest BCUT2D eigenvalue weighted by Crippen LogP contribution is 2.36. The van der Waals surface area contributed by atoms with Crippen molar-refractivity contribution in [2.24, 2.45) is 5.41 Å². The van der Waals surface area contributed by atoms with Gasteiger partial charge in [0.2, 0.25) is 0 Å². The molecular weight excluding hydrogens is 248 g/mol. The van der Waals surface area contributed by atoms with Crippen LogP contribution < -0.4 is 10.1 Å². The van der Waals surface area contributed by atoms with Crippen LogP contribution in [0.4, 0.5) is 14.5 Å². The number of anilines is 1. The fourth-order valence-electron chi connectivity index (χ4n) is 2.54. The lowest BCUT2D eigenvalue weighted by atomic mass is 9.75. The molecule has 1 aliphatic rings. The van der Waals surface area contributed by atoms with Gasteiger partial charge in [0.1, 0.15) is 5.75 Å². The highest BCUT2D eigenvalue weighted by Gasteiger charge is 2.26. The number of hydrogen-bond donors (Lipinski definition) is 1. The Labute approximate surface area is 113 Å². The Bertz CT molecular complexity index is 410. The summed E-state index contributed by atoms with van der Waals surface area (Å²) in [4.78, 5) is 0. The molecule has 0 amide bonds. The van der Waals surface area contributed by atoms with E-state index in [-0.39, 0.29) is 5.75 Å². The first-order valence-corrected chi connectivity index (χ1v) is 6.76. The first-order chi connectivity index (χ1) is 8.94. The number of benzene rings is 1. The molecule has 1 aliphatic carbocycles. The molecule has 0 saturated heterocycles. The van der Waals surface area contributed by atoms with Crippen molar-refractivity contribution in [3.05, 3.63) is 24.3 Å². The van der Waals surface area contributed by atoms with Gasteiger partial charge in [-0.1, -0.05) is 19.9 Å². The maximum atomic E-state index is 12.2. The van der Waals surface area contributed by atoms with Crippen molar-refractivity contribution in [2.75, 3.05) is 5.32 Å². The van der Waals surface area contributed by atoms with E-state index >= 15 is 0 Å². The minimum absolute atomic E-state index is 0.205. The van der Waals surface area contributed by atoms with E-state index < -0.39 is 6.61 Å². The second kappa shape index (κ2) is 5.76. The molecule has 0 spiro atoms. The van der Waals surface area contributed by atoms with E-state index in [1.807, 2.05) is 6.07 Å². The minimum Gasteiger partial charge on any atom is -0.435 e. The summed E-state index contributed by atoms with van der Waals surface area (Å²) in [5.74, 6) is 0.205. The topological polar surface area (TPSA) is 21.3 Å². The SMILES string of the molecule is CC1(C)CCC(Nc2cccc(OC(F)F)c2)CC1. The summed E-state index contributed by atoms with van der Waals surface area (Å²) < 4.78 is 28.7. The van der Waals surface area contributed by atoms with Crippen LogP contribution in [0.1, 0.15) is 39.5 Å². The average molecular weight is 269 g/mol. The zero-order valence-corrected chi connectivity index (χ0v) is 11.5. The molecule has 106 valence electrons. The molecule has 1 N–H and O–H groups in total. The van der Waals surface area contributed by atoms with Crippen molar-refractivity contribution in [3.8, 4) is 5.75 Å². The molecule has 0 unspecified atom stereocenters. The number of ether oxygens (including phenoxy) is 1. The summed E-state index contributed by atoms with van der Waals surface area (Å²) in [6.45, 7) is 1.81. The van der Waals surface area contributed by atoms with E-state index in [9.17, 15) is 8.78 Å². The molecule has 1 aromatic rings. The Hall–Kier alpha value is -1.32. The summed E-state index contributed by atoms with van der Waals surface area (Å²) in [6.07, 6.45) is 4.62. The Morgan fingerprint density at radius 1 is 1.26 bits per heavy atom. The zero-order valence-electron chi connectivity index (χ0n) is 11.5. The molecule has 2 nitrogen and oxygen atoms in total. The van der Waals surface area contributed by atoms with Crippen LogP contribution in [-0.2, 0) is 0 Å². The lowest BCUT2D eigenvalue weighted by molar-refractivity contribution is -0.0498. The van der Waals surface area contributed by atoms with Gasteiger partial charge < -0.3 is 10.1 Å². The standard InChI is InChI=1S/C15H21F2NO/c1-15(2)8-6-11(7-9-15)18-12-4-3-5-13(10-12)19-14(16)17/h3-5,10-11,14,18H,6-9H2,1-2H3. The van der Waals surface area contributed by atoms with Crippen molar-refractivity contribution < 1.29 is 13.5 Å². The van der Waals surface area contributed by atoms with Crippen LogP contribution in [0.15, 0.2) is 24.3 Å². The number of nitrogens with one attached hydrogen (secondary N) is 1. The summed E-state index contributed by atoms with van der Waals surface area (Å²) in [5.41, 5.74) is 1.28. The highest BCUT2D eigenvalue weighted by molar-refractivity contribution is 5.48. The third-order valence-electron chi connectivity index (χ3n) is 3.77. The third kappa shape index (κ3) is 4.37.